The van der Waals surface area contributed by atoms with Crippen molar-refractivity contribution >= 4 is 20.6 Å². The smallest absolute Gasteiger partial charge is 0.00532 e. The van der Waals surface area contributed by atoms with Crippen LogP contribution in [0.4, 0.5) is 0 Å². The van der Waals surface area contributed by atoms with Gasteiger partial charge in [-0.2, -0.15) is 12.6 Å². The second-order valence-corrected chi connectivity index (χ2v) is 6.33. The molecule has 0 aromatic carbocycles. The van der Waals surface area contributed by atoms with Gasteiger partial charge in [0.15, 0.2) is 0 Å². The van der Waals surface area contributed by atoms with E-state index in [1.165, 1.54) is 6.16 Å². The van der Waals surface area contributed by atoms with Gasteiger partial charge in [0.1, 0.15) is 0 Å². The maximum atomic E-state index is 4.40. The third-order valence-electron chi connectivity index (χ3n) is 1.89. The van der Waals surface area contributed by atoms with Crippen molar-refractivity contribution in [2.24, 2.45) is 0 Å². The standard InChI is InChI=1S/C7H17PS/c1-5-8(4)6(2)7(3)9/h6-7,9H,5H2,1-4H3. The predicted octanol–water partition coefficient (Wildman–Crippen LogP) is 2.82. The molecule has 0 aromatic rings. The van der Waals surface area contributed by atoms with Gasteiger partial charge in [-0.15, -0.1) is 7.92 Å². The average Bonchev–Trinajstić information content (AvgIpc) is 1.84. The van der Waals surface area contributed by atoms with E-state index in [1.807, 2.05) is 0 Å². The molecule has 56 valence electrons. The molecule has 0 amide bonds. The van der Waals surface area contributed by atoms with Crippen molar-refractivity contribution in [3.63, 3.8) is 0 Å². The maximum absolute atomic E-state index is 4.40. The summed E-state index contributed by atoms with van der Waals surface area (Å²) >= 11 is 4.40. The van der Waals surface area contributed by atoms with Gasteiger partial charge >= 0.3 is 0 Å². The lowest BCUT2D eigenvalue weighted by Crippen LogP contribution is -2.11. The van der Waals surface area contributed by atoms with Crippen LogP contribution in [-0.2, 0) is 0 Å². The van der Waals surface area contributed by atoms with E-state index in [2.05, 4.69) is 40.1 Å². The maximum Gasteiger partial charge on any atom is 0.00532 e. The zero-order valence-electron chi connectivity index (χ0n) is 6.76. The van der Waals surface area contributed by atoms with E-state index in [0.717, 1.165) is 5.66 Å². The Labute approximate surface area is 65.6 Å². The second kappa shape index (κ2) is 4.57. The molecule has 2 heteroatoms. The normalized spacial score (nSPS) is 21.0. The highest BCUT2D eigenvalue weighted by Gasteiger charge is 2.12. The van der Waals surface area contributed by atoms with Crippen molar-refractivity contribution < 1.29 is 0 Å². The first-order valence-electron chi connectivity index (χ1n) is 3.47. The molecule has 0 aliphatic rings. The van der Waals surface area contributed by atoms with Gasteiger partial charge in [0, 0.05) is 5.25 Å². The van der Waals surface area contributed by atoms with Crippen LogP contribution in [0.3, 0.4) is 0 Å². The Morgan fingerprint density at radius 2 is 1.89 bits per heavy atom. The third-order valence-corrected chi connectivity index (χ3v) is 5.41. The number of thiol groups is 1. The van der Waals surface area contributed by atoms with E-state index in [0.29, 0.717) is 5.25 Å². The minimum Gasteiger partial charge on any atom is -0.176 e. The summed E-state index contributed by atoms with van der Waals surface area (Å²) in [4.78, 5) is 0. The lowest BCUT2D eigenvalue weighted by atomic mass is 10.4. The van der Waals surface area contributed by atoms with Crippen LogP contribution in [0.2, 0.25) is 0 Å². The van der Waals surface area contributed by atoms with Gasteiger partial charge in [-0.3, -0.25) is 0 Å². The topological polar surface area (TPSA) is 0 Å². The van der Waals surface area contributed by atoms with E-state index in [9.17, 15) is 0 Å². The van der Waals surface area contributed by atoms with Crippen LogP contribution < -0.4 is 0 Å². The molecule has 0 aromatic heterocycles. The molecule has 0 fully saturated rings. The Balaban J connectivity index is 3.58. The summed E-state index contributed by atoms with van der Waals surface area (Å²) in [5, 5.41) is 0.570. The lowest BCUT2D eigenvalue weighted by Gasteiger charge is -2.21. The van der Waals surface area contributed by atoms with Gasteiger partial charge < -0.3 is 0 Å². The molecule has 0 aliphatic carbocycles. The van der Waals surface area contributed by atoms with Gasteiger partial charge in [-0.25, -0.2) is 0 Å². The average molecular weight is 164 g/mol. The van der Waals surface area contributed by atoms with E-state index in [4.69, 9.17) is 0 Å². The summed E-state index contributed by atoms with van der Waals surface area (Å²) in [5.41, 5.74) is 0.813. The highest BCUT2D eigenvalue weighted by atomic mass is 32.1. The quantitative estimate of drug-likeness (QED) is 0.481. The molecule has 0 saturated heterocycles. The molecule has 0 radical (unpaired) electrons. The van der Waals surface area contributed by atoms with Crippen molar-refractivity contribution in [3.05, 3.63) is 0 Å². The fourth-order valence-corrected chi connectivity index (χ4v) is 2.65. The fraction of sp³-hybridized carbons (Fsp3) is 1.00. The largest absolute Gasteiger partial charge is 0.176 e. The molecule has 0 nitrogen and oxygen atoms in total. The lowest BCUT2D eigenvalue weighted by molar-refractivity contribution is 0.918. The highest BCUT2D eigenvalue weighted by molar-refractivity contribution is 7.81. The Morgan fingerprint density at radius 1 is 1.44 bits per heavy atom. The summed E-state index contributed by atoms with van der Waals surface area (Å²) in [6.07, 6.45) is 1.33. The number of hydrogen-bond acceptors (Lipinski definition) is 1. The number of hydrogen-bond donors (Lipinski definition) is 1. The van der Waals surface area contributed by atoms with Gasteiger partial charge in [0.25, 0.3) is 0 Å². The summed E-state index contributed by atoms with van der Waals surface area (Å²) in [5.74, 6) is 0. The molecule has 0 aliphatic heterocycles. The zero-order valence-corrected chi connectivity index (χ0v) is 8.55. The second-order valence-electron chi connectivity index (χ2n) is 2.55. The number of rotatable bonds is 3. The van der Waals surface area contributed by atoms with Crippen molar-refractivity contribution in [3.8, 4) is 0 Å². The minimum absolute atomic E-state index is 0.245. The first-order valence-corrected chi connectivity index (χ1v) is 6.03. The summed E-state index contributed by atoms with van der Waals surface area (Å²) in [7, 11) is 0.245. The Morgan fingerprint density at radius 3 is 2.00 bits per heavy atom. The van der Waals surface area contributed by atoms with Crippen molar-refractivity contribution in [2.75, 3.05) is 12.8 Å². The Kier molecular flexibility index (Phi) is 4.97. The van der Waals surface area contributed by atoms with Gasteiger partial charge in [-0.05, 0) is 18.5 Å². The van der Waals surface area contributed by atoms with Crippen molar-refractivity contribution in [1.82, 2.24) is 0 Å². The molecule has 0 bridgehead atoms. The third kappa shape index (κ3) is 3.47. The highest BCUT2D eigenvalue weighted by Crippen LogP contribution is 2.39. The van der Waals surface area contributed by atoms with E-state index >= 15 is 0 Å². The predicted molar refractivity (Wildman–Crippen MR) is 51.3 cm³/mol. The van der Waals surface area contributed by atoms with Gasteiger partial charge in [0.2, 0.25) is 0 Å². The molecular weight excluding hydrogens is 147 g/mol. The van der Waals surface area contributed by atoms with Crippen LogP contribution in [-0.4, -0.2) is 23.7 Å². The van der Waals surface area contributed by atoms with Gasteiger partial charge in [-0.1, -0.05) is 20.8 Å². The van der Waals surface area contributed by atoms with Crippen LogP contribution in [0.15, 0.2) is 0 Å². The fourth-order valence-electron chi connectivity index (χ4n) is 0.656. The summed E-state index contributed by atoms with van der Waals surface area (Å²) in [6, 6.07) is 0. The van der Waals surface area contributed by atoms with Crippen LogP contribution in [0.5, 0.6) is 0 Å². The van der Waals surface area contributed by atoms with E-state index in [-0.39, 0.29) is 7.92 Å². The monoisotopic (exact) mass is 164 g/mol. The Bertz CT molecular complexity index is 73.3. The SMILES string of the molecule is CCP(C)C(C)C(C)S. The molecule has 9 heavy (non-hydrogen) atoms. The molecule has 0 saturated carbocycles. The first-order chi connectivity index (χ1) is 4.09. The molecule has 0 rings (SSSR count). The summed E-state index contributed by atoms with van der Waals surface area (Å²) in [6.45, 7) is 9.10. The molecule has 3 unspecified atom stereocenters. The first kappa shape index (κ1) is 9.78. The van der Waals surface area contributed by atoms with E-state index in [1.54, 1.807) is 0 Å². The zero-order chi connectivity index (χ0) is 7.44. The minimum atomic E-state index is 0.245. The molecule has 0 heterocycles. The van der Waals surface area contributed by atoms with Crippen LogP contribution in [0, 0.1) is 0 Å². The van der Waals surface area contributed by atoms with E-state index < -0.39 is 0 Å². The van der Waals surface area contributed by atoms with Crippen LogP contribution in [0.1, 0.15) is 20.8 Å². The molecule has 0 N–H and O–H groups in total. The molecular formula is C7H17PS. The van der Waals surface area contributed by atoms with Crippen molar-refractivity contribution in [1.29, 1.82) is 0 Å². The molecule has 0 spiro atoms. The Hall–Kier alpha value is 0.780. The molecule has 3 atom stereocenters. The van der Waals surface area contributed by atoms with Crippen LogP contribution >= 0.6 is 20.6 Å². The van der Waals surface area contributed by atoms with Gasteiger partial charge in [0.05, 0.1) is 0 Å². The summed E-state index contributed by atoms with van der Waals surface area (Å²) < 4.78 is 0. The van der Waals surface area contributed by atoms with Crippen molar-refractivity contribution in [2.45, 2.75) is 31.7 Å². The van der Waals surface area contributed by atoms with Crippen LogP contribution in [0.25, 0.3) is 0 Å².